The van der Waals surface area contributed by atoms with Gasteiger partial charge in [-0.15, -0.1) is 11.3 Å². The van der Waals surface area contributed by atoms with E-state index in [0.29, 0.717) is 0 Å². The maximum absolute atomic E-state index is 11.0. The zero-order chi connectivity index (χ0) is 11.4. The number of nitrogens with one attached hydrogen (secondary N) is 1. The van der Waals surface area contributed by atoms with Crippen molar-refractivity contribution in [3.63, 3.8) is 0 Å². The van der Waals surface area contributed by atoms with Gasteiger partial charge in [0, 0.05) is 0 Å². The van der Waals surface area contributed by atoms with Gasteiger partial charge in [0.1, 0.15) is 11.3 Å². The van der Waals surface area contributed by atoms with E-state index in [4.69, 9.17) is 10.2 Å². The first-order valence-electron chi connectivity index (χ1n) is 3.83. The van der Waals surface area contributed by atoms with Gasteiger partial charge in [-0.1, -0.05) is 0 Å². The van der Waals surface area contributed by atoms with Crippen LogP contribution in [0.4, 0.5) is 5.69 Å². The molecule has 0 aliphatic rings. The molecule has 6 nitrogen and oxygen atoms in total. The minimum Gasteiger partial charge on any atom is -0.481 e. The number of carbonyl (C=O) groups is 3. The number of aromatic carboxylic acids is 1. The van der Waals surface area contributed by atoms with Crippen molar-refractivity contribution in [2.45, 2.75) is 6.42 Å². The third-order valence-corrected chi connectivity index (χ3v) is 2.35. The molecule has 0 unspecified atom stereocenters. The van der Waals surface area contributed by atoms with Gasteiger partial charge in [0.25, 0.3) is 0 Å². The Hall–Kier alpha value is -1.89. The average molecular weight is 229 g/mol. The number of thiophene rings is 1. The summed E-state index contributed by atoms with van der Waals surface area (Å²) in [5.41, 5.74) is 0.124. The lowest BCUT2D eigenvalue weighted by molar-refractivity contribution is -0.139. The first-order chi connectivity index (χ1) is 7.00. The fraction of sp³-hybridized carbons (Fsp3) is 0.125. The van der Waals surface area contributed by atoms with Gasteiger partial charge >= 0.3 is 11.9 Å². The van der Waals surface area contributed by atoms with Crippen molar-refractivity contribution >= 4 is 34.9 Å². The molecule has 0 saturated carbocycles. The van der Waals surface area contributed by atoms with Crippen LogP contribution in [0, 0.1) is 0 Å². The Morgan fingerprint density at radius 1 is 1.33 bits per heavy atom. The molecule has 1 aromatic rings. The second kappa shape index (κ2) is 4.56. The van der Waals surface area contributed by atoms with Gasteiger partial charge in [0.2, 0.25) is 5.91 Å². The maximum atomic E-state index is 11.0. The van der Waals surface area contributed by atoms with Gasteiger partial charge in [-0.25, -0.2) is 4.79 Å². The molecule has 0 atom stereocenters. The fourth-order valence-electron chi connectivity index (χ4n) is 0.905. The van der Waals surface area contributed by atoms with Crippen molar-refractivity contribution in [2.24, 2.45) is 0 Å². The third-order valence-electron chi connectivity index (χ3n) is 1.45. The van der Waals surface area contributed by atoms with Crippen LogP contribution in [0.5, 0.6) is 0 Å². The summed E-state index contributed by atoms with van der Waals surface area (Å²) in [6, 6.07) is 1.41. The Bertz CT molecular complexity index is 411. The van der Waals surface area contributed by atoms with Crippen molar-refractivity contribution in [3.8, 4) is 0 Å². The van der Waals surface area contributed by atoms with Crippen molar-refractivity contribution < 1.29 is 24.6 Å². The normalized spacial score (nSPS) is 9.60. The van der Waals surface area contributed by atoms with Gasteiger partial charge in [-0.2, -0.15) is 0 Å². The largest absolute Gasteiger partial charge is 0.481 e. The lowest BCUT2D eigenvalue weighted by Gasteiger charge is -2.01. The number of hydrogen-bond acceptors (Lipinski definition) is 4. The number of aliphatic carboxylic acids is 1. The van der Waals surface area contributed by atoms with Crippen LogP contribution in [0.15, 0.2) is 11.4 Å². The highest BCUT2D eigenvalue weighted by atomic mass is 32.1. The van der Waals surface area contributed by atoms with E-state index in [1.54, 1.807) is 0 Å². The summed E-state index contributed by atoms with van der Waals surface area (Å²) >= 11 is 0.957. The Morgan fingerprint density at radius 3 is 2.53 bits per heavy atom. The van der Waals surface area contributed by atoms with E-state index in [9.17, 15) is 14.4 Å². The molecule has 0 aliphatic heterocycles. The summed E-state index contributed by atoms with van der Waals surface area (Å²) in [4.78, 5) is 31.8. The molecule has 1 rings (SSSR count). The van der Waals surface area contributed by atoms with Crippen LogP contribution >= 0.6 is 11.3 Å². The number of amides is 1. The third kappa shape index (κ3) is 3.06. The Kier molecular flexibility index (Phi) is 3.40. The standard InChI is InChI=1S/C8H7NO5S/c10-5(3-6(11)12)9-4-1-2-15-7(4)8(13)14/h1-2H,3H2,(H,9,10)(H,11,12)(H,13,14). The number of carboxylic acids is 2. The summed E-state index contributed by atoms with van der Waals surface area (Å²) in [6.07, 6.45) is -0.686. The average Bonchev–Trinajstić information content (AvgIpc) is 2.50. The van der Waals surface area contributed by atoms with Crippen LogP contribution in [0.1, 0.15) is 16.1 Å². The molecule has 0 aromatic carbocycles. The zero-order valence-electron chi connectivity index (χ0n) is 7.39. The second-order valence-corrected chi connectivity index (χ2v) is 3.50. The smallest absolute Gasteiger partial charge is 0.348 e. The van der Waals surface area contributed by atoms with Crippen LogP contribution in [-0.2, 0) is 9.59 Å². The van der Waals surface area contributed by atoms with Crippen LogP contribution < -0.4 is 5.32 Å². The zero-order valence-corrected chi connectivity index (χ0v) is 8.21. The molecule has 7 heteroatoms. The molecule has 0 spiro atoms. The minimum atomic E-state index is -1.26. The van der Waals surface area contributed by atoms with E-state index in [0.717, 1.165) is 11.3 Å². The first-order valence-corrected chi connectivity index (χ1v) is 4.71. The Labute approximate surface area is 88.2 Å². The summed E-state index contributed by atoms with van der Waals surface area (Å²) in [7, 11) is 0. The van der Waals surface area contributed by atoms with Crippen molar-refractivity contribution in [1.82, 2.24) is 0 Å². The number of anilines is 1. The lowest BCUT2D eigenvalue weighted by Crippen LogP contribution is -2.16. The molecule has 0 saturated heterocycles. The summed E-state index contributed by atoms with van der Waals surface area (Å²) in [6.45, 7) is 0. The van der Waals surface area contributed by atoms with Crippen molar-refractivity contribution in [1.29, 1.82) is 0 Å². The molecule has 15 heavy (non-hydrogen) atoms. The van der Waals surface area contributed by atoms with Crippen LogP contribution in [0.2, 0.25) is 0 Å². The van der Waals surface area contributed by atoms with Gasteiger partial charge < -0.3 is 15.5 Å². The molecule has 1 heterocycles. The molecular formula is C8H7NO5S. The predicted molar refractivity (Wildman–Crippen MR) is 52.2 cm³/mol. The van der Waals surface area contributed by atoms with Crippen LogP contribution in [0.3, 0.4) is 0 Å². The van der Waals surface area contributed by atoms with Gasteiger partial charge in [0.15, 0.2) is 0 Å². The fourth-order valence-corrected chi connectivity index (χ4v) is 1.59. The molecule has 80 valence electrons. The SMILES string of the molecule is O=C(O)CC(=O)Nc1ccsc1C(=O)O. The second-order valence-electron chi connectivity index (χ2n) is 2.59. The summed E-state index contributed by atoms with van der Waals surface area (Å²) in [5.74, 6) is -3.17. The van der Waals surface area contributed by atoms with Crippen molar-refractivity contribution in [3.05, 3.63) is 16.3 Å². The van der Waals surface area contributed by atoms with E-state index >= 15 is 0 Å². The monoisotopic (exact) mass is 229 g/mol. The summed E-state index contributed by atoms with van der Waals surface area (Å²) < 4.78 is 0. The highest BCUT2D eigenvalue weighted by Gasteiger charge is 2.15. The summed E-state index contributed by atoms with van der Waals surface area (Å²) in [5, 5.41) is 20.7. The van der Waals surface area contributed by atoms with E-state index in [1.807, 2.05) is 0 Å². The van der Waals surface area contributed by atoms with Crippen molar-refractivity contribution in [2.75, 3.05) is 5.32 Å². The molecule has 1 aromatic heterocycles. The molecule has 0 radical (unpaired) electrons. The number of carboxylic acid groups (broad SMARTS) is 2. The Morgan fingerprint density at radius 2 is 2.00 bits per heavy atom. The van der Waals surface area contributed by atoms with Gasteiger partial charge in [0.05, 0.1) is 5.69 Å². The van der Waals surface area contributed by atoms with E-state index < -0.39 is 24.3 Å². The molecular weight excluding hydrogens is 222 g/mol. The highest BCUT2D eigenvalue weighted by Crippen LogP contribution is 2.22. The molecule has 3 N–H and O–H groups in total. The molecule has 0 fully saturated rings. The number of hydrogen-bond donors (Lipinski definition) is 3. The first kappa shape index (κ1) is 11.2. The Balaban J connectivity index is 2.72. The quantitative estimate of drug-likeness (QED) is 0.664. The van der Waals surface area contributed by atoms with Crippen LogP contribution in [0.25, 0.3) is 0 Å². The molecule has 1 amide bonds. The van der Waals surface area contributed by atoms with Gasteiger partial charge in [-0.3, -0.25) is 9.59 Å². The highest BCUT2D eigenvalue weighted by molar-refractivity contribution is 7.12. The van der Waals surface area contributed by atoms with E-state index in [2.05, 4.69) is 5.32 Å². The topological polar surface area (TPSA) is 104 Å². The van der Waals surface area contributed by atoms with E-state index in [1.165, 1.54) is 11.4 Å². The van der Waals surface area contributed by atoms with Crippen LogP contribution in [-0.4, -0.2) is 28.1 Å². The lowest BCUT2D eigenvalue weighted by atomic mass is 10.3. The number of carbonyl (C=O) groups excluding carboxylic acids is 1. The molecule has 0 aliphatic carbocycles. The predicted octanol–water partition coefficient (Wildman–Crippen LogP) is 0.860. The van der Waals surface area contributed by atoms with E-state index in [-0.39, 0.29) is 10.6 Å². The molecule has 0 bridgehead atoms. The minimum absolute atomic E-state index is 0.0197. The van der Waals surface area contributed by atoms with Gasteiger partial charge in [-0.05, 0) is 11.4 Å². The maximum Gasteiger partial charge on any atom is 0.348 e. The number of rotatable bonds is 4.